The van der Waals surface area contributed by atoms with Gasteiger partial charge < -0.3 is 16.0 Å². The summed E-state index contributed by atoms with van der Waals surface area (Å²) in [5.41, 5.74) is 7.37. The second-order valence-electron chi connectivity index (χ2n) is 5.87. The maximum Gasteiger partial charge on any atom is 0.243 e. The number of benzene rings is 1. The molecule has 4 nitrogen and oxygen atoms in total. The lowest BCUT2D eigenvalue weighted by atomic mass is 9.78. The Kier molecular flexibility index (Phi) is 2.97. The zero-order valence-corrected chi connectivity index (χ0v) is 11.4. The summed E-state index contributed by atoms with van der Waals surface area (Å²) >= 11 is 0. The first-order valence-corrected chi connectivity index (χ1v) is 6.97. The summed E-state index contributed by atoms with van der Waals surface area (Å²) in [5.74, 6) is 0.125. The fraction of sp³-hybridized carbons (Fsp3) is 0.533. The molecule has 4 heteroatoms. The van der Waals surface area contributed by atoms with Gasteiger partial charge in [-0.2, -0.15) is 0 Å². The molecule has 0 radical (unpaired) electrons. The van der Waals surface area contributed by atoms with E-state index in [1.807, 2.05) is 12.1 Å². The van der Waals surface area contributed by atoms with Crippen molar-refractivity contribution in [3.8, 4) is 0 Å². The molecule has 2 aliphatic rings. The van der Waals surface area contributed by atoms with Gasteiger partial charge in [-0.3, -0.25) is 4.79 Å². The van der Waals surface area contributed by atoms with Crippen LogP contribution in [0.5, 0.6) is 0 Å². The van der Waals surface area contributed by atoms with Gasteiger partial charge >= 0.3 is 0 Å². The molecule has 3 atom stereocenters. The Morgan fingerprint density at radius 3 is 3.05 bits per heavy atom. The van der Waals surface area contributed by atoms with E-state index < -0.39 is 5.54 Å². The molecule has 1 amide bonds. The predicted molar refractivity (Wildman–Crippen MR) is 75.9 cm³/mol. The number of primary amides is 1. The summed E-state index contributed by atoms with van der Waals surface area (Å²) in [6.45, 7) is 5.09. The van der Waals surface area contributed by atoms with Crippen molar-refractivity contribution in [1.29, 1.82) is 0 Å². The van der Waals surface area contributed by atoms with E-state index in [0.717, 1.165) is 38.2 Å². The number of amides is 1. The molecule has 3 rings (SSSR count). The SMILES string of the molecule is Cc1cccc(NC2(C(N)=O)CCN3CCC2C3)c1. The van der Waals surface area contributed by atoms with Crippen LogP contribution < -0.4 is 11.1 Å². The minimum Gasteiger partial charge on any atom is -0.371 e. The molecule has 3 N–H and O–H groups in total. The quantitative estimate of drug-likeness (QED) is 0.861. The first-order chi connectivity index (χ1) is 9.10. The number of hydrogen-bond donors (Lipinski definition) is 2. The van der Waals surface area contributed by atoms with Crippen LogP contribution >= 0.6 is 0 Å². The highest BCUT2D eigenvalue weighted by Gasteiger charge is 2.50. The van der Waals surface area contributed by atoms with Gasteiger partial charge in [-0.1, -0.05) is 12.1 Å². The van der Waals surface area contributed by atoms with E-state index in [2.05, 4.69) is 29.3 Å². The number of anilines is 1. The van der Waals surface area contributed by atoms with E-state index in [4.69, 9.17) is 5.73 Å². The number of hydrogen-bond acceptors (Lipinski definition) is 3. The van der Waals surface area contributed by atoms with Crippen molar-refractivity contribution in [2.45, 2.75) is 25.3 Å². The van der Waals surface area contributed by atoms with Gasteiger partial charge in [-0.15, -0.1) is 0 Å². The molecule has 2 aliphatic heterocycles. The lowest BCUT2D eigenvalue weighted by Gasteiger charge is -2.41. The molecule has 0 aliphatic carbocycles. The Morgan fingerprint density at radius 2 is 2.32 bits per heavy atom. The van der Waals surface area contributed by atoms with Gasteiger partial charge in [0.05, 0.1) is 0 Å². The number of nitrogens with zero attached hydrogens (tertiary/aromatic N) is 1. The number of nitrogens with two attached hydrogens (primary N) is 1. The van der Waals surface area contributed by atoms with Gasteiger partial charge in [0.15, 0.2) is 0 Å². The van der Waals surface area contributed by atoms with Crippen molar-refractivity contribution in [1.82, 2.24) is 4.90 Å². The van der Waals surface area contributed by atoms with Crippen molar-refractivity contribution in [3.05, 3.63) is 29.8 Å². The van der Waals surface area contributed by atoms with Crippen molar-refractivity contribution in [2.24, 2.45) is 11.7 Å². The topological polar surface area (TPSA) is 58.4 Å². The normalized spacial score (nSPS) is 33.1. The molecular formula is C15H21N3O. The van der Waals surface area contributed by atoms with Gasteiger partial charge in [0.25, 0.3) is 0 Å². The van der Waals surface area contributed by atoms with Gasteiger partial charge in [-0.25, -0.2) is 0 Å². The molecule has 2 heterocycles. The number of aryl methyl sites for hydroxylation is 1. The summed E-state index contributed by atoms with van der Waals surface area (Å²) in [7, 11) is 0. The molecule has 2 bridgehead atoms. The lowest BCUT2D eigenvalue weighted by molar-refractivity contribution is -0.125. The Hall–Kier alpha value is -1.55. The van der Waals surface area contributed by atoms with E-state index >= 15 is 0 Å². The van der Waals surface area contributed by atoms with E-state index in [1.165, 1.54) is 5.56 Å². The molecule has 0 spiro atoms. The smallest absolute Gasteiger partial charge is 0.243 e. The Balaban J connectivity index is 1.91. The van der Waals surface area contributed by atoms with Crippen LogP contribution in [0.3, 0.4) is 0 Å². The highest BCUT2D eigenvalue weighted by molar-refractivity contribution is 5.88. The van der Waals surface area contributed by atoms with E-state index in [9.17, 15) is 4.79 Å². The van der Waals surface area contributed by atoms with Crippen LogP contribution in [0.25, 0.3) is 0 Å². The molecule has 0 aromatic heterocycles. The van der Waals surface area contributed by atoms with E-state index in [0.29, 0.717) is 5.92 Å². The molecule has 19 heavy (non-hydrogen) atoms. The number of rotatable bonds is 3. The number of piperidine rings is 1. The summed E-state index contributed by atoms with van der Waals surface area (Å²) in [6, 6.07) is 8.15. The molecule has 3 unspecified atom stereocenters. The summed E-state index contributed by atoms with van der Waals surface area (Å²) in [5, 5.41) is 3.46. The van der Waals surface area contributed by atoms with Crippen LogP contribution in [0, 0.1) is 12.8 Å². The second-order valence-corrected chi connectivity index (χ2v) is 5.87. The maximum atomic E-state index is 12.1. The number of carbonyl (C=O) groups excluding carboxylic acids is 1. The van der Waals surface area contributed by atoms with Crippen LogP contribution in [0.2, 0.25) is 0 Å². The van der Waals surface area contributed by atoms with Gasteiger partial charge in [0, 0.05) is 24.7 Å². The Bertz CT molecular complexity index is 502. The average Bonchev–Trinajstić information content (AvgIpc) is 2.77. The minimum atomic E-state index is -0.569. The largest absolute Gasteiger partial charge is 0.371 e. The van der Waals surface area contributed by atoms with Crippen LogP contribution in [0.4, 0.5) is 5.69 Å². The Labute approximate surface area is 114 Å². The van der Waals surface area contributed by atoms with Crippen LogP contribution in [-0.4, -0.2) is 36.0 Å². The highest BCUT2D eigenvalue weighted by Crippen LogP contribution is 2.38. The molecule has 102 valence electrons. The molecular weight excluding hydrogens is 238 g/mol. The maximum absolute atomic E-state index is 12.1. The zero-order chi connectivity index (χ0) is 13.5. The van der Waals surface area contributed by atoms with Crippen molar-refractivity contribution in [3.63, 3.8) is 0 Å². The number of carbonyl (C=O) groups is 1. The first-order valence-electron chi connectivity index (χ1n) is 6.97. The monoisotopic (exact) mass is 259 g/mol. The molecule has 2 saturated heterocycles. The van der Waals surface area contributed by atoms with Crippen LogP contribution in [0.1, 0.15) is 18.4 Å². The van der Waals surface area contributed by atoms with Gasteiger partial charge in [0.1, 0.15) is 5.54 Å². The van der Waals surface area contributed by atoms with Gasteiger partial charge in [0.2, 0.25) is 5.91 Å². The predicted octanol–water partition coefficient (Wildman–Crippen LogP) is 1.36. The standard InChI is InChI=1S/C15H21N3O/c1-11-3-2-4-13(9-11)17-15(14(16)19)6-8-18-7-5-12(15)10-18/h2-4,9,12,17H,5-8,10H2,1H3,(H2,16,19). The Morgan fingerprint density at radius 1 is 1.47 bits per heavy atom. The molecule has 2 fully saturated rings. The van der Waals surface area contributed by atoms with Crippen molar-refractivity contribution >= 4 is 11.6 Å². The second kappa shape index (κ2) is 4.53. The lowest BCUT2D eigenvalue weighted by Crippen LogP contribution is -2.60. The van der Waals surface area contributed by atoms with E-state index in [1.54, 1.807) is 0 Å². The van der Waals surface area contributed by atoms with Crippen molar-refractivity contribution in [2.75, 3.05) is 25.0 Å². The first kappa shape index (κ1) is 12.5. The highest BCUT2D eigenvalue weighted by atomic mass is 16.1. The molecule has 1 aromatic rings. The summed E-state index contributed by atoms with van der Waals surface area (Å²) in [6.07, 6.45) is 1.86. The fourth-order valence-electron chi connectivity index (χ4n) is 3.51. The van der Waals surface area contributed by atoms with Crippen LogP contribution in [-0.2, 0) is 4.79 Å². The van der Waals surface area contributed by atoms with E-state index in [-0.39, 0.29) is 5.91 Å². The zero-order valence-electron chi connectivity index (χ0n) is 11.4. The van der Waals surface area contributed by atoms with Crippen molar-refractivity contribution < 1.29 is 4.79 Å². The molecule has 0 saturated carbocycles. The van der Waals surface area contributed by atoms with Crippen LogP contribution in [0.15, 0.2) is 24.3 Å². The summed E-state index contributed by atoms with van der Waals surface area (Å²) < 4.78 is 0. The third-order valence-electron chi connectivity index (χ3n) is 4.62. The summed E-state index contributed by atoms with van der Waals surface area (Å²) in [4.78, 5) is 14.5. The fourth-order valence-corrected chi connectivity index (χ4v) is 3.51. The number of nitrogens with one attached hydrogen (secondary N) is 1. The molecule has 1 aromatic carbocycles. The third-order valence-corrected chi connectivity index (χ3v) is 4.62. The number of fused-ring (bicyclic) bond motifs is 2. The average molecular weight is 259 g/mol. The van der Waals surface area contributed by atoms with Gasteiger partial charge in [-0.05, 0) is 44.0 Å². The minimum absolute atomic E-state index is 0.208. The third kappa shape index (κ3) is 2.10.